The summed E-state index contributed by atoms with van der Waals surface area (Å²) in [6, 6.07) is 1.86. The Bertz CT molecular complexity index is 1260. The molecule has 4 heterocycles. The number of nitrogens with zero attached hydrogens (tertiary/aromatic N) is 7. The van der Waals surface area contributed by atoms with Gasteiger partial charge in [-0.05, 0) is 45.2 Å². The van der Waals surface area contributed by atoms with Gasteiger partial charge in [0.25, 0.3) is 5.91 Å². The second-order valence-electron chi connectivity index (χ2n) is 8.22. The number of carbonyl (C=O) groups is 1. The lowest BCUT2D eigenvalue weighted by molar-refractivity contribution is 0.0954. The minimum atomic E-state index is -0.115. The van der Waals surface area contributed by atoms with E-state index in [0.29, 0.717) is 12.1 Å². The zero-order valence-corrected chi connectivity index (χ0v) is 19.4. The Hall–Kier alpha value is -3.49. The Labute approximate surface area is 187 Å². The number of nitrogens with one attached hydrogen (secondary N) is 1. The van der Waals surface area contributed by atoms with E-state index in [0.717, 1.165) is 65.2 Å². The van der Waals surface area contributed by atoms with Gasteiger partial charge in [-0.25, -0.2) is 9.67 Å². The SMILES string of the molecule is CCCn1nc(C)c2c(C(=O)NCCCn3cc(C)cn3)cc(-c3cnn(C)c3C)nc21. The van der Waals surface area contributed by atoms with E-state index < -0.39 is 0 Å². The average Bonchev–Trinajstić information content (AvgIpc) is 3.43. The Kier molecular flexibility index (Phi) is 6.07. The summed E-state index contributed by atoms with van der Waals surface area (Å²) >= 11 is 0. The highest BCUT2D eigenvalue weighted by Crippen LogP contribution is 2.28. The fourth-order valence-corrected chi connectivity index (χ4v) is 3.92. The number of aryl methyl sites for hydroxylation is 5. The van der Waals surface area contributed by atoms with Gasteiger partial charge in [-0.1, -0.05) is 6.92 Å². The molecule has 0 atom stereocenters. The number of rotatable bonds is 8. The monoisotopic (exact) mass is 434 g/mol. The van der Waals surface area contributed by atoms with Crippen LogP contribution in [-0.4, -0.2) is 46.8 Å². The number of fused-ring (bicyclic) bond motifs is 1. The van der Waals surface area contributed by atoms with Crippen LogP contribution < -0.4 is 5.32 Å². The number of aromatic nitrogens is 7. The molecule has 4 aromatic rings. The van der Waals surface area contributed by atoms with Crippen LogP contribution in [0.4, 0.5) is 0 Å². The largest absolute Gasteiger partial charge is 0.352 e. The van der Waals surface area contributed by atoms with E-state index in [2.05, 4.69) is 27.5 Å². The highest BCUT2D eigenvalue weighted by molar-refractivity contribution is 6.07. The first-order chi connectivity index (χ1) is 15.4. The molecule has 4 aromatic heterocycles. The van der Waals surface area contributed by atoms with Crippen molar-refractivity contribution >= 4 is 16.9 Å². The Morgan fingerprint density at radius 2 is 1.94 bits per heavy atom. The van der Waals surface area contributed by atoms with Gasteiger partial charge in [-0.15, -0.1) is 0 Å². The molecule has 0 fully saturated rings. The van der Waals surface area contributed by atoms with Crippen LogP contribution in [0.15, 0.2) is 24.7 Å². The van der Waals surface area contributed by atoms with Crippen molar-refractivity contribution in [3.05, 3.63) is 47.2 Å². The van der Waals surface area contributed by atoms with Gasteiger partial charge in [-0.3, -0.25) is 14.2 Å². The normalized spacial score (nSPS) is 11.4. The number of amides is 1. The van der Waals surface area contributed by atoms with E-state index in [-0.39, 0.29) is 5.91 Å². The first-order valence-corrected chi connectivity index (χ1v) is 11.0. The smallest absolute Gasteiger partial charge is 0.252 e. The predicted octanol–water partition coefficient (Wildman–Crippen LogP) is 3.18. The van der Waals surface area contributed by atoms with Crippen LogP contribution in [0.5, 0.6) is 0 Å². The fraction of sp³-hybridized carbons (Fsp3) is 0.435. The summed E-state index contributed by atoms with van der Waals surface area (Å²) in [7, 11) is 1.90. The van der Waals surface area contributed by atoms with Crippen LogP contribution in [0.25, 0.3) is 22.3 Å². The van der Waals surface area contributed by atoms with Gasteiger partial charge in [0.05, 0.1) is 34.7 Å². The second kappa shape index (κ2) is 8.94. The van der Waals surface area contributed by atoms with Gasteiger partial charge in [0, 0.05) is 44.1 Å². The number of hydrogen-bond acceptors (Lipinski definition) is 5. The molecular weight excluding hydrogens is 404 g/mol. The molecule has 0 aliphatic rings. The van der Waals surface area contributed by atoms with Gasteiger partial charge < -0.3 is 5.32 Å². The molecular formula is C23H30N8O. The third-order valence-electron chi connectivity index (χ3n) is 5.68. The summed E-state index contributed by atoms with van der Waals surface area (Å²) in [5.41, 5.74) is 5.93. The topological polar surface area (TPSA) is 95.5 Å². The lowest BCUT2D eigenvalue weighted by Crippen LogP contribution is -2.25. The Morgan fingerprint density at radius 3 is 2.59 bits per heavy atom. The van der Waals surface area contributed by atoms with Crippen molar-refractivity contribution < 1.29 is 4.79 Å². The van der Waals surface area contributed by atoms with Gasteiger partial charge in [0.1, 0.15) is 0 Å². The standard InChI is InChI=1S/C23H30N8O/c1-6-9-31-22-21(16(3)28-31)18(11-20(27-22)19-13-25-29(5)17(19)4)23(32)24-8-7-10-30-14-15(2)12-26-30/h11-14H,6-10H2,1-5H3,(H,24,32). The van der Waals surface area contributed by atoms with Gasteiger partial charge in [0.2, 0.25) is 0 Å². The van der Waals surface area contributed by atoms with E-state index in [4.69, 9.17) is 4.98 Å². The van der Waals surface area contributed by atoms with Crippen molar-refractivity contribution in [3.8, 4) is 11.3 Å². The van der Waals surface area contributed by atoms with Crippen molar-refractivity contribution in [2.24, 2.45) is 7.05 Å². The van der Waals surface area contributed by atoms with E-state index in [1.165, 1.54) is 0 Å². The maximum atomic E-state index is 13.2. The molecule has 0 radical (unpaired) electrons. The zero-order chi connectivity index (χ0) is 22.8. The lowest BCUT2D eigenvalue weighted by Gasteiger charge is -2.10. The van der Waals surface area contributed by atoms with Crippen LogP contribution in [-0.2, 0) is 20.1 Å². The number of hydrogen-bond donors (Lipinski definition) is 1. The van der Waals surface area contributed by atoms with Gasteiger partial charge in [-0.2, -0.15) is 15.3 Å². The second-order valence-corrected chi connectivity index (χ2v) is 8.22. The van der Waals surface area contributed by atoms with Crippen LogP contribution >= 0.6 is 0 Å². The van der Waals surface area contributed by atoms with E-state index in [1.807, 2.05) is 60.3 Å². The highest BCUT2D eigenvalue weighted by Gasteiger charge is 2.21. The molecule has 0 saturated carbocycles. The summed E-state index contributed by atoms with van der Waals surface area (Å²) in [4.78, 5) is 18.1. The van der Waals surface area contributed by atoms with Gasteiger partial charge in [0.15, 0.2) is 5.65 Å². The van der Waals surface area contributed by atoms with Gasteiger partial charge >= 0.3 is 0 Å². The molecule has 32 heavy (non-hydrogen) atoms. The summed E-state index contributed by atoms with van der Waals surface area (Å²) in [5, 5.41) is 17.2. The maximum absolute atomic E-state index is 13.2. The Morgan fingerprint density at radius 1 is 1.12 bits per heavy atom. The molecule has 0 bridgehead atoms. The molecule has 168 valence electrons. The van der Waals surface area contributed by atoms with E-state index in [1.54, 1.807) is 6.20 Å². The molecule has 9 nitrogen and oxygen atoms in total. The summed E-state index contributed by atoms with van der Waals surface area (Å²) < 4.78 is 5.61. The van der Waals surface area contributed by atoms with Crippen molar-refractivity contribution in [2.45, 2.75) is 53.6 Å². The third kappa shape index (κ3) is 4.15. The van der Waals surface area contributed by atoms with Crippen LogP contribution in [0.2, 0.25) is 0 Å². The minimum Gasteiger partial charge on any atom is -0.352 e. The number of pyridine rings is 1. The average molecular weight is 435 g/mol. The predicted molar refractivity (Wildman–Crippen MR) is 123 cm³/mol. The van der Waals surface area contributed by atoms with E-state index >= 15 is 0 Å². The summed E-state index contributed by atoms with van der Waals surface area (Å²) in [6.07, 6.45) is 7.37. The molecule has 0 aromatic carbocycles. The maximum Gasteiger partial charge on any atom is 0.252 e. The molecule has 9 heteroatoms. The van der Waals surface area contributed by atoms with Crippen molar-refractivity contribution in [1.29, 1.82) is 0 Å². The first kappa shape index (κ1) is 21.7. The fourth-order valence-electron chi connectivity index (χ4n) is 3.92. The molecule has 1 N–H and O–H groups in total. The molecule has 1 amide bonds. The third-order valence-corrected chi connectivity index (χ3v) is 5.68. The van der Waals surface area contributed by atoms with E-state index in [9.17, 15) is 4.79 Å². The Balaban J connectivity index is 1.65. The first-order valence-electron chi connectivity index (χ1n) is 11.0. The van der Waals surface area contributed by atoms with Crippen LogP contribution in [0.3, 0.4) is 0 Å². The molecule has 0 spiro atoms. The molecule has 4 rings (SSSR count). The summed E-state index contributed by atoms with van der Waals surface area (Å²) in [6.45, 7) is 10.1. The van der Waals surface area contributed by atoms with Crippen LogP contribution in [0.1, 0.15) is 47.1 Å². The zero-order valence-electron chi connectivity index (χ0n) is 19.4. The highest BCUT2D eigenvalue weighted by atomic mass is 16.1. The van der Waals surface area contributed by atoms with Crippen molar-refractivity contribution in [1.82, 2.24) is 39.6 Å². The molecule has 0 unspecified atom stereocenters. The van der Waals surface area contributed by atoms with Crippen LogP contribution in [0, 0.1) is 20.8 Å². The minimum absolute atomic E-state index is 0.115. The molecule has 0 aliphatic heterocycles. The molecule has 0 aliphatic carbocycles. The van der Waals surface area contributed by atoms with Crippen molar-refractivity contribution in [3.63, 3.8) is 0 Å². The summed E-state index contributed by atoms with van der Waals surface area (Å²) in [5.74, 6) is -0.115. The number of carbonyl (C=O) groups excluding carboxylic acids is 1. The quantitative estimate of drug-likeness (QED) is 0.430. The van der Waals surface area contributed by atoms with Crippen molar-refractivity contribution in [2.75, 3.05) is 6.54 Å². The lowest BCUT2D eigenvalue weighted by atomic mass is 10.1. The molecule has 0 saturated heterocycles.